The Balaban J connectivity index is 2.47. The fraction of sp³-hybridized carbons (Fsp3) is 0.200. The highest BCUT2D eigenvalue weighted by molar-refractivity contribution is 9.10. The maximum absolute atomic E-state index is 6.56. The maximum Gasteiger partial charge on any atom is 0.127 e. The highest BCUT2D eigenvalue weighted by Gasteiger charge is 2.19. The summed E-state index contributed by atoms with van der Waals surface area (Å²) < 4.78 is 11.5. The summed E-state index contributed by atoms with van der Waals surface area (Å²) >= 11 is 16.2. The molecule has 0 bridgehead atoms. The predicted octanol–water partition coefficient (Wildman–Crippen LogP) is 5.45. The van der Waals surface area contributed by atoms with Gasteiger partial charge in [0.05, 0.1) is 19.6 Å². The smallest absolute Gasteiger partial charge is 0.127 e. The molecule has 0 N–H and O–H groups in total. The molecule has 1 unspecified atom stereocenters. The molecule has 1 atom stereocenters. The zero-order valence-electron chi connectivity index (χ0n) is 11.0. The monoisotopic (exact) mass is 374 g/mol. The normalized spacial score (nSPS) is 12.1. The Morgan fingerprint density at radius 3 is 2.40 bits per heavy atom. The molecule has 2 rings (SSSR count). The number of benzene rings is 2. The molecule has 20 heavy (non-hydrogen) atoms. The second-order valence-corrected chi connectivity index (χ2v) is 5.90. The van der Waals surface area contributed by atoms with Crippen LogP contribution in [0.15, 0.2) is 40.9 Å². The molecule has 106 valence electrons. The van der Waals surface area contributed by atoms with Gasteiger partial charge in [0, 0.05) is 21.1 Å². The van der Waals surface area contributed by atoms with Crippen molar-refractivity contribution >= 4 is 39.1 Å². The van der Waals surface area contributed by atoms with Crippen molar-refractivity contribution in [2.75, 3.05) is 14.2 Å². The third-order valence-corrected chi connectivity index (χ3v) is 4.25. The van der Waals surface area contributed by atoms with Gasteiger partial charge in [-0.3, -0.25) is 0 Å². The first kappa shape index (κ1) is 15.5. The zero-order chi connectivity index (χ0) is 14.7. The molecule has 0 aliphatic rings. The van der Waals surface area contributed by atoms with Gasteiger partial charge in [-0.2, -0.15) is 0 Å². The molecule has 0 amide bonds. The van der Waals surface area contributed by atoms with Gasteiger partial charge >= 0.3 is 0 Å². The molecular formula is C15H13BrCl2O2. The van der Waals surface area contributed by atoms with Crippen LogP contribution in [0, 0.1) is 0 Å². The highest BCUT2D eigenvalue weighted by Crippen LogP contribution is 2.40. The lowest BCUT2D eigenvalue weighted by Gasteiger charge is -2.16. The topological polar surface area (TPSA) is 18.5 Å². The molecule has 5 heteroatoms. The Kier molecular flexibility index (Phi) is 5.19. The van der Waals surface area contributed by atoms with Crippen molar-refractivity contribution in [3.05, 3.63) is 57.0 Å². The second-order valence-electron chi connectivity index (χ2n) is 4.14. The minimum Gasteiger partial charge on any atom is -0.497 e. The SMILES string of the molecule is COc1ccc(C(Cl)c2cc(Br)ccc2Cl)c(OC)c1. The van der Waals surface area contributed by atoms with E-state index in [0.717, 1.165) is 21.3 Å². The Bertz CT molecular complexity index is 617. The van der Waals surface area contributed by atoms with Crippen LogP contribution >= 0.6 is 39.1 Å². The van der Waals surface area contributed by atoms with E-state index in [-0.39, 0.29) is 0 Å². The summed E-state index contributed by atoms with van der Waals surface area (Å²) in [7, 11) is 3.21. The van der Waals surface area contributed by atoms with Crippen LogP contribution in [-0.4, -0.2) is 14.2 Å². The fourth-order valence-corrected chi connectivity index (χ4v) is 2.93. The summed E-state index contributed by atoms with van der Waals surface area (Å²) in [6.07, 6.45) is 0. The molecule has 0 aliphatic carbocycles. The standard InChI is InChI=1S/C15H13BrCl2O2/c1-19-10-4-5-11(14(8-10)20-2)15(18)12-7-9(16)3-6-13(12)17/h3-8,15H,1-2H3. The van der Waals surface area contributed by atoms with Gasteiger partial charge < -0.3 is 9.47 Å². The number of methoxy groups -OCH3 is 2. The van der Waals surface area contributed by atoms with Crippen LogP contribution in [0.2, 0.25) is 5.02 Å². The van der Waals surface area contributed by atoms with Crippen LogP contribution in [0.1, 0.15) is 16.5 Å². The number of rotatable bonds is 4. The molecule has 0 aliphatic heterocycles. The van der Waals surface area contributed by atoms with Crippen LogP contribution in [0.5, 0.6) is 11.5 Å². The van der Waals surface area contributed by atoms with Crippen molar-refractivity contribution < 1.29 is 9.47 Å². The molecule has 0 spiro atoms. The van der Waals surface area contributed by atoms with Crippen LogP contribution < -0.4 is 9.47 Å². The molecule has 0 aromatic heterocycles. The van der Waals surface area contributed by atoms with E-state index in [1.165, 1.54) is 0 Å². The number of hydrogen-bond donors (Lipinski definition) is 0. The molecular weight excluding hydrogens is 363 g/mol. The maximum atomic E-state index is 6.56. The van der Waals surface area contributed by atoms with E-state index in [2.05, 4.69) is 15.9 Å². The number of ether oxygens (including phenoxy) is 2. The van der Waals surface area contributed by atoms with E-state index in [4.69, 9.17) is 32.7 Å². The summed E-state index contributed by atoms with van der Waals surface area (Å²) in [6, 6.07) is 11.1. The summed E-state index contributed by atoms with van der Waals surface area (Å²) in [4.78, 5) is 0. The second kappa shape index (κ2) is 6.70. The average Bonchev–Trinajstić information content (AvgIpc) is 2.48. The molecule has 0 fully saturated rings. The van der Waals surface area contributed by atoms with E-state index in [1.54, 1.807) is 20.3 Å². The van der Waals surface area contributed by atoms with E-state index in [0.29, 0.717) is 10.8 Å². The predicted molar refractivity (Wildman–Crippen MR) is 86.4 cm³/mol. The Labute approximate surface area is 136 Å². The Morgan fingerprint density at radius 1 is 1.00 bits per heavy atom. The number of halogens is 3. The van der Waals surface area contributed by atoms with Gasteiger partial charge in [-0.1, -0.05) is 27.5 Å². The molecule has 2 aromatic rings. The Morgan fingerprint density at radius 2 is 1.75 bits per heavy atom. The third-order valence-electron chi connectivity index (χ3n) is 2.94. The van der Waals surface area contributed by atoms with Crippen molar-refractivity contribution in [2.24, 2.45) is 0 Å². The number of alkyl halides is 1. The minimum atomic E-state index is -0.402. The quantitative estimate of drug-likeness (QED) is 0.661. The van der Waals surface area contributed by atoms with Gasteiger partial charge in [-0.15, -0.1) is 11.6 Å². The van der Waals surface area contributed by atoms with Crippen LogP contribution in [0.3, 0.4) is 0 Å². The first-order chi connectivity index (χ1) is 9.56. The van der Waals surface area contributed by atoms with Gasteiger partial charge in [-0.05, 0) is 35.9 Å². The van der Waals surface area contributed by atoms with E-state index in [1.807, 2.05) is 30.3 Å². The highest BCUT2D eigenvalue weighted by atomic mass is 79.9. The molecule has 2 aromatic carbocycles. The van der Waals surface area contributed by atoms with Crippen LogP contribution in [0.4, 0.5) is 0 Å². The van der Waals surface area contributed by atoms with Crippen molar-refractivity contribution in [1.82, 2.24) is 0 Å². The van der Waals surface area contributed by atoms with E-state index < -0.39 is 5.38 Å². The van der Waals surface area contributed by atoms with Crippen molar-refractivity contribution in [3.8, 4) is 11.5 Å². The molecule has 0 radical (unpaired) electrons. The summed E-state index contributed by atoms with van der Waals surface area (Å²) in [5.74, 6) is 1.38. The van der Waals surface area contributed by atoms with E-state index >= 15 is 0 Å². The molecule has 0 heterocycles. The van der Waals surface area contributed by atoms with Crippen molar-refractivity contribution in [2.45, 2.75) is 5.38 Å². The van der Waals surface area contributed by atoms with Gasteiger partial charge in [-0.25, -0.2) is 0 Å². The third kappa shape index (κ3) is 3.22. The van der Waals surface area contributed by atoms with Crippen molar-refractivity contribution in [1.29, 1.82) is 0 Å². The minimum absolute atomic E-state index is 0.402. The lowest BCUT2D eigenvalue weighted by Crippen LogP contribution is -1.99. The molecule has 2 nitrogen and oxygen atoms in total. The molecule has 0 saturated carbocycles. The van der Waals surface area contributed by atoms with Gasteiger partial charge in [0.1, 0.15) is 11.5 Å². The van der Waals surface area contributed by atoms with Gasteiger partial charge in [0.15, 0.2) is 0 Å². The van der Waals surface area contributed by atoms with Crippen molar-refractivity contribution in [3.63, 3.8) is 0 Å². The molecule has 0 saturated heterocycles. The van der Waals surface area contributed by atoms with Gasteiger partial charge in [0.25, 0.3) is 0 Å². The van der Waals surface area contributed by atoms with Crippen LogP contribution in [0.25, 0.3) is 0 Å². The average molecular weight is 376 g/mol. The fourth-order valence-electron chi connectivity index (χ4n) is 1.90. The summed E-state index contributed by atoms with van der Waals surface area (Å²) in [5.41, 5.74) is 1.67. The first-order valence-electron chi connectivity index (χ1n) is 5.87. The van der Waals surface area contributed by atoms with E-state index in [9.17, 15) is 0 Å². The first-order valence-corrected chi connectivity index (χ1v) is 7.48. The summed E-state index contributed by atoms with van der Waals surface area (Å²) in [6.45, 7) is 0. The zero-order valence-corrected chi connectivity index (χ0v) is 14.1. The largest absolute Gasteiger partial charge is 0.497 e. The lowest BCUT2D eigenvalue weighted by atomic mass is 10.0. The lowest BCUT2D eigenvalue weighted by molar-refractivity contribution is 0.391. The number of hydrogen-bond acceptors (Lipinski definition) is 2. The van der Waals surface area contributed by atoms with Gasteiger partial charge in [0.2, 0.25) is 0 Å². The summed E-state index contributed by atoms with van der Waals surface area (Å²) in [5, 5.41) is 0.215. The van der Waals surface area contributed by atoms with Crippen LogP contribution in [-0.2, 0) is 0 Å². The Hall–Kier alpha value is -0.900.